The molecule has 4 nitrogen and oxygen atoms in total. The summed E-state index contributed by atoms with van der Waals surface area (Å²) in [4.78, 5) is 17.6. The summed E-state index contributed by atoms with van der Waals surface area (Å²) >= 11 is 1.32. The molecule has 8 heteroatoms. The van der Waals surface area contributed by atoms with E-state index >= 15 is 0 Å². The summed E-state index contributed by atoms with van der Waals surface area (Å²) in [5.74, 6) is 0.515. The summed E-state index contributed by atoms with van der Waals surface area (Å²) in [7, 11) is 0. The number of carbonyl (C=O) groups excluding carboxylic acids is 1. The van der Waals surface area contributed by atoms with Gasteiger partial charge in [-0.05, 0) is 49.9 Å². The number of nitrogens with zero attached hydrogens (tertiary/aromatic N) is 2. The number of benzene rings is 1. The van der Waals surface area contributed by atoms with Gasteiger partial charge in [0.15, 0.2) is 4.80 Å². The van der Waals surface area contributed by atoms with Crippen molar-refractivity contribution in [1.82, 2.24) is 9.88 Å². The lowest BCUT2D eigenvalue weighted by atomic mass is 10.1. The molecule has 1 N–H and O–H groups in total. The normalized spacial score (nSPS) is 16.2. The lowest BCUT2D eigenvalue weighted by Gasteiger charge is -2.09. The zero-order valence-electron chi connectivity index (χ0n) is 14.3. The van der Waals surface area contributed by atoms with Gasteiger partial charge in [-0.15, -0.1) is 11.3 Å². The predicted octanol–water partition coefficient (Wildman–Crippen LogP) is 4.67. The average Bonchev–Trinajstić information content (AvgIpc) is 3.22. The third-order valence-corrected chi connectivity index (χ3v) is 5.35. The molecule has 1 aromatic heterocycles. The number of amides is 2. The summed E-state index contributed by atoms with van der Waals surface area (Å²) in [5.41, 5.74) is -0.175. The van der Waals surface area contributed by atoms with Crippen LogP contribution in [0.1, 0.15) is 36.1 Å². The Morgan fingerprint density at radius 3 is 2.54 bits per heavy atom. The van der Waals surface area contributed by atoms with Crippen molar-refractivity contribution >= 4 is 17.4 Å². The molecule has 1 fully saturated rings. The molecule has 0 saturated heterocycles. The number of carbonyl (C=O) groups is 1. The molecule has 26 heavy (non-hydrogen) atoms. The molecule has 0 bridgehead atoms. The largest absolute Gasteiger partial charge is 0.416 e. The van der Waals surface area contributed by atoms with Crippen LogP contribution in [0.15, 0.2) is 35.5 Å². The van der Waals surface area contributed by atoms with Crippen LogP contribution >= 0.6 is 11.3 Å². The van der Waals surface area contributed by atoms with Gasteiger partial charge in [0.2, 0.25) is 0 Å². The molecule has 0 spiro atoms. The topological polar surface area (TPSA) is 46.4 Å². The van der Waals surface area contributed by atoms with Gasteiger partial charge in [0.25, 0.3) is 0 Å². The van der Waals surface area contributed by atoms with Crippen LogP contribution in [0.2, 0.25) is 0 Å². The number of thiazole rings is 1. The zero-order chi connectivity index (χ0) is 18.7. The maximum absolute atomic E-state index is 12.7. The zero-order valence-corrected chi connectivity index (χ0v) is 15.2. The Labute approximate surface area is 153 Å². The Balaban J connectivity index is 1.79. The minimum absolute atomic E-state index is 0.417. The van der Waals surface area contributed by atoms with E-state index in [1.807, 2.05) is 6.92 Å². The van der Waals surface area contributed by atoms with Crippen LogP contribution in [0.4, 0.5) is 18.0 Å². The Kier molecular flexibility index (Phi) is 5.50. The van der Waals surface area contributed by atoms with Crippen molar-refractivity contribution in [3.8, 4) is 5.69 Å². The van der Waals surface area contributed by atoms with Crippen molar-refractivity contribution in [2.45, 2.75) is 38.8 Å². The van der Waals surface area contributed by atoms with Gasteiger partial charge in [0, 0.05) is 23.3 Å². The molecule has 0 aliphatic heterocycles. The molecule has 140 valence electrons. The quantitative estimate of drug-likeness (QED) is 0.823. The van der Waals surface area contributed by atoms with Gasteiger partial charge < -0.3 is 5.32 Å². The first-order valence-electron chi connectivity index (χ1n) is 8.52. The van der Waals surface area contributed by atoms with Crippen LogP contribution in [-0.2, 0) is 6.18 Å². The van der Waals surface area contributed by atoms with E-state index in [4.69, 9.17) is 0 Å². The first-order valence-corrected chi connectivity index (χ1v) is 9.34. The minimum Gasteiger partial charge on any atom is -0.336 e. The number of alkyl halides is 3. The predicted molar refractivity (Wildman–Crippen MR) is 94.3 cm³/mol. The molecule has 3 rings (SSSR count). The van der Waals surface area contributed by atoms with Crippen LogP contribution in [-0.4, -0.2) is 17.1 Å². The third-order valence-electron chi connectivity index (χ3n) is 4.46. The van der Waals surface area contributed by atoms with Crippen molar-refractivity contribution in [2.24, 2.45) is 10.9 Å². The maximum Gasteiger partial charge on any atom is 0.416 e. The minimum atomic E-state index is -4.37. The van der Waals surface area contributed by atoms with Gasteiger partial charge >= 0.3 is 12.2 Å². The van der Waals surface area contributed by atoms with E-state index in [1.165, 1.54) is 36.3 Å². The monoisotopic (exact) mass is 383 g/mol. The lowest BCUT2D eigenvalue weighted by Crippen LogP contribution is -2.28. The van der Waals surface area contributed by atoms with E-state index < -0.39 is 17.8 Å². The lowest BCUT2D eigenvalue weighted by molar-refractivity contribution is -0.137. The molecule has 0 atom stereocenters. The molecule has 2 amide bonds. The van der Waals surface area contributed by atoms with Gasteiger partial charge in [0.05, 0.1) is 5.56 Å². The summed E-state index contributed by atoms with van der Waals surface area (Å²) in [5, 5.41) is 2.83. The molecule has 1 aliphatic rings. The number of halogens is 3. The highest BCUT2D eigenvalue weighted by Crippen LogP contribution is 2.29. The standard InChI is InChI=1S/C18H20F3N3OS/c1-12-11-24(15-8-6-14(7-9-15)18(19,20)21)17(26-12)23-16(25)22-10-13-4-2-3-5-13/h6-9,11,13H,2-5,10H2,1H3,(H,22,25). The summed E-state index contributed by atoms with van der Waals surface area (Å²) < 4.78 is 39.8. The maximum atomic E-state index is 12.7. The first kappa shape index (κ1) is 18.7. The van der Waals surface area contributed by atoms with Crippen LogP contribution in [0, 0.1) is 12.8 Å². The summed E-state index contributed by atoms with van der Waals surface area (Å²) in [6.07, 6.45) is 2.05. The number of nitrogens with one attached hydrogen (secondary N) is 1. The van der Waals surface area contributed by atoms with E-state index in [-0.39, 0.29) is 0 Å². The Morgan fingerprint density at radius 2 is 1.92 bits per heavy atom. The molecule has 0 radical (unpaired) electrons. The van der Waals surface area contributed by atoms with E-state index in [9.17, 15) is 18.0 Å². The SMILES string of the molecule is Cc1cn(-c2ccc(C(F)(F)F)cc2)c(=NC(=O)NCC2CCCC2)s1. The Hall–Kier alpha value is -2.09. The average molecular weight is 383 g/mol. The molecular formula is C18H20F3N3OS. The molecule has 1 aliphatic carbocycles. The van der Waals surface area contributed by atoms with E-state index in [0.717, 1.165) is 29.9 Å². The van der Waals surface area contributed by atoms with Crippen molar-refractivity contribution in [3.05, 3.63) is 45.7 Å². The van der Waals surface area contributed by atoms with Gasteiger partial charge in [-0.2, -0.15) is 18.2 Å². The van der Waals surface area contributed by atoms with E-state index in [2.05, 4.69) is 10.3 Å². The molecule has 1 saturated carbocycles. The number of urea groups is 1. The second-order valence-corrected chi connectivity index (χ2v) is 7.70. The van der Waals surface area contributed by atoms with Gasteiger partial charge in [-0.1, -0.05) is 12.8 Å². The number of aromatic nitrogens is 1. The van der Waals surface area contributed by atoms with Crippen molar-refractivity contribution < 1.29 is 18.0 Å². The van der Waals surface area contributed by atoms with Crippen LogP contribution in [0.25, 0.3) is 5.69 Å². The highest BCUT2D eigenvalue weighted by atomic mass is 32.1. The summed E-state index contributed by atoms with van der Waals surface area (Å²) in [6, 6.07) is 4.40. The molecular weight excluding hydrogens is 363 g/mol. The van der Waals surface area contributed by atoms with Gasteiger partial charge in [0.1, 0.15) is 0 Å². The second kappa shape index (κ2) is 7.65. The number of aryl methyl sites for hydroxylation is 1. The smallest absolute Gasteiger partial charge is 0.336 e. The fourth-order valence-corrected chi connectivity index (χ4v) is 3.93. The van der Waals surface area contributed by atoms with Crippen molar-refractivity contribution in [1.29, 1.82) is 0 Å². The highest BCUT2D eigenvalue weighted by Gasteiger charge is 2.30. The number of rotatable bonds is 3. The molecule has 2 aromatic rings. The summed E-state index contributed by atoms with van der Waals surface area (Å²) in [6.45, 7) is 2.48. The Morgan fingerprint density at radius 1 is 1.27 bits per heavy atom. The van der Waals surface area contributed by atoms with Crippen molar-refractivity contribution in [3.63, 3.8) is 0 Å². The third kappa shape index (κ3) is 4.55. The van der Waals surface area contributed by atoms with E-state index in [0.29, 0.717) is 23.0 Å². The highest BCUT2D eigenvalue weighted by molar-refractivity contribution is 7.09. The fraction of sp³-hybridized carbons (Fsp3) is 0.444. The Bertz CT molecular complexity index is 831. The number of hydrogen-bond acceptors (Lipinski definition) is 2. The number of hydrogen-bond donors (Lipinski definition) is 1. The van der Waals surface area contributed by atoms with Gasteiger partial charge in [-0.3, -0.25) is 4.57 Å². The van der Waals surface area contributed by atoms with Crippen LogP contribution in [0.5, 0.6) is 0 Å². The van der Waals surface area contributed by atoms with Gasteiger partial charge in [-0.25, -0.2) is 4.79 Å². The van der Waals surface area contributed by atoms with Crippen molar-refractivity contribution in [2.75, 3.05) is 6.54 Å². The molecule has 0 unspecified atom stereocenters. The molecule has 1 aromatic carbocycles. The van der Waals surface area contributed by atoms with Crippen LogP contribution < -0.4 is 10.1 Å². The van der Waals surface area contributed by atoms with Crippen LogP contribution in [0.3, 0.4) is 0 Å². The van der Waals surface area contributed by atoms with E-state index in [1.54, 1.807) is 10.8 Å². The first-order chi connectivity index (χ1) is 12.3. The second-order valence-electron chi connectivity index (χ2n) is 6.49. The fourth-order valence-electron chi connectivity index (χ4n) is 3.10. The molecule has 1 heterocycles.